The van der Waals surface area contributed by atoms with Crippen molar-refractivity contribution in [2.75, 3.05) is 19.7 Å². The van der Waals surface area contributed by atoms with Gasteiger partial charge >= 0.3 is 6.09 Å². The van der Waals surface area contributed by atoms with Crippen molar-refractivity contribution in [3.05, 3.63) is 59.7 Å². The van der Waals surface area contributed by atoms with Gasteiger partial charge in [-0.25, -0.2) is 4.79 Å². The topological polar surface area (TPSA) is 70.7 Å². The molecule has 0 spiro atoms. The highest BCUT2D eigenvalue weighted by Gasteiger charge is 2.24. The van der Waals surface area contributed by atoms with Crippen LogP contribution in [0.4, 0.5) is 4.79 Å². The van der Waals surface area contributed by atoms with Gasteiger partial charge in [0, 0.05) is 13.1 Å². The molecular formula is C26H35N3O3. The summed E-state index contributed by atoms with van der Waals surface area (Å²) >= 11 is 0. The van der Waals surface area contributed by atoms with Crippen molar-refractivity contribution >= 4 is 12.0 Å². The highest BCUT2D eigenvalue weighted by molar-refractivity contribution is 5.86. The third kappa shape index (κ3) is 6.57. The van der Waals surface area contributed by atoms with Crippen LogP contribution in [0.2, 0.25) is 0 Å². The van der Waals surface area contributed by atoms with E-state index in [1.165, 1.54) is 31.5 Å². The summed E-state index contributed by atoms with van der Waals surface area (Å²) in [5, 5.41) is 5.64. The van der Waals surface area contributed by atoms with Gasteiger partial charge in [0.15, 0.2) is 0 Å². The lowest BCUT2D eigenvalue weighted by atomic mass is 9.98. The quantitative estimate of drug-likeness (QED) is 0.612. The molecule has 2 N–H and O–H groups in total. The molecule has 1 atom stereocenters. The smallest absolute Gasteiger partial charge is 0.407 e. The standard InChI is InChI=1S/C26H35N3O3/c1-4-32-26(31)28-24(19(2)3)25(30)27-17-22-9-5-6-10-23(22)21-13-11-20(12-14-21)18-29-15-7-8-16-29/h5-6,9-14,19,24H,4,7-8,15-18H2,1-3H3,(H,27,30)(H,28,31). The zero-order chi connectivity index (χ0) is 22.9. The van der Waals surface area contributed by atoms with Gasteiger partial charge in [-0.05, 0) is 61.0 Å². The van der Waals surface area contributed by atoms with Crippen LogP contribution in [0.1, 0.15) is 44.7 Å². The van der Waals surface area contributed by atoms with Crippen LogP contribution in [-0.2, 0) is 22.6 Å². The van der Waals surface area contributed by atoms with Crippen molar-refractivity contribution in [1.82, 2.24) is 15.5 Å². The number of nitrogens with zero attached hydrogens (tertiary/aromatic N) is 1. The predicted octanol–water partition coefficient (Wildman–Crippen LogP) is 4.34. The summed E-state index contributed by atoms with van der Waals surface area (Å²) in [4.78, 5) is 27.1. The van der Waals surface area contributed by atoms with Crippen molar-refractivity contribution in [3.8, 4) is 11.1 Å². The molecule has 172 valence electrons. The van der Waals surface area contributed by atoms with Gasteiger partial charge in [-0.3, -0.25) is 9.69 Å². The third-order valence-electron chi connectivity index (χ3n) is 5.84. The van der Waals surface area contributed by atoms with Gasteiger partial charge in [-0.2, -0.15) is 0 Å². The molecule has 0 radical (unpaired) electrons. The van der Waals surface area contributed by atoms with Crippen molar-refractivity contribution in [3.63, 3.8) is 0 Å². The van der Waals surface area contributed by atoms with E-state index < -0.39 is 12.1 Å². The SMILES string of the molecule is CCOC(=O)NC(C(=O)NCc1ccccc1-c1ccc(CN2CCCC2)cc1)C(C)C. The van der Waals surface area contributed by atoms with Crippen LogP contribution in [0.5, 0.6) is 0 Å². The lowest BCUT2D eigenvalue weighted by Crippen LogP contribution is -2.49. The molecule has 0 aliphatic carbocycles. The summed E-state index contributed by atoms with van der Waals surface area (Å²) in [7, 11) is 0. The van der Waals surface area contributed by atoms with Gasteiger partial charge in [-0.15, -0.1) is 0 Å². The van der Waals surface area contributed by atoms with E-state index in [0.29, 0.717) is 6.54 Å². The first kappa shape index (κ1) is 23.8. The first-order valence-corrected chi connectivity index (χ1v) is 11.6. The van der Waals surface area contributed by atoms with Crippen molar-refractivity contribution in [2.24, 2.45) is 5.92 Å². The maximum Gasteiger partial charge on any atom is 0.407 e. The Hall–Kier alpha value is -2.86. The van der Waals surface area contributed by atoms with Crippen molar-refractivity contribution in [1.29, 1.82) is 0 Å². The van der Waals surface area contributed by atoms with Gasteiger partial charge in [0.2, 0.25) is 5.91 Å². The Morgan fingerprint density at radius 1 is 1.03 bits per heavy atom. The van der Waals surface area contributed by atoms with Crippen LogP contribution in [0.3, 0.4) is 0 Å². The minimum absolute atomic E-state index is 0.0576. The van der Waals surface area contributed by atoms with Gasteiger partial charge < -0.3 is 15.4 Å². The minimum Gasteiger partial charge on any atom is -0.450 e. The summed E-state index contributed by atoms with van der Waals surface area (Å²) in [6, 6.07) is 16.1. The highest BCUT2D eigenvalue weighted by Crippen LogP contribution is 2.25. The molecule has 1 unspecified atom stereocenters. The van der Waals surface area contributed by atoms with Gasteiger partial charge in [0.1, 0.15) is 6.04 Å². The number of benzene rings is 2. The maximum atomic E-state index is 12.8. The summed E-state index contributed by atoms with van der Waals surface area (Å²) < 4.78 is 4.93. The van der Waals surface area contributed by atoms with Crippen LogP contribution >= 0.6 is 0 Å². The fourth-order valence-corrected chi connectivity index (χ4v) is 4.07. The Kier molecular flexibility index (Phi) is 8.68. The van der Waals surface area contributed by atoms with Gasteiger partial charge in [0.05, 0.1) is 6.61 Å². The molecule has 32 heavy (non-hydrogen) atoms. The number of rotatable bonds is 9. The van der Waals surface area contributed by atoms with Gasteiger partial charge in [0.25, 0.3) is 0 Å². The summed E-state index contributed by atoms with van der Waals surface area (Å²) in [6.07, 6.45) is 2.02. The first-order chi connectivity index (χ1) is 15.5. The Morgan fingerprint density at radius 2 is 1.72 bits per heavy atom. The highest BCUT2D eigenvalue weighted by atomic mass is 16.5. The fourth-order valence-electron chi connectivity index (χ4n) is 4.07. The zero-order valence-corrected chi connectivity index (χ0v) is 19.4. The number of amides is 2. The van der Waals surface area contributed by atoms with Crippen LogP contribution < -0.4 is 10.6 Å². The lowest BCUT2D eigenvalue weighted by molar-refractivity contribution is -0.124. The molecule has 1 aliphatic rings. The molecule has 6 heteroatoms. The van der Waals surface area contributed by atoms with E-state index in [9.17, 15) is 9.59 Å². The molecule has 2 aromatic carbocycles. The average molecular weight is 438 g/mol. The van der Waals surface area contributed by atoms with E-state index in [4.69, 9.17) is 4.74 Å². The van der Waals surface area contributed by atoms with E-state index >= 15 is 0 Å². The number of likely N-dealkylation sites (tertiary alicyclic amines) is 1. The Labute approximate surface area is 191 Å². The zero-order valence-electron chi connectivity index (χ0n) is 19.4. The molecule has 1 fully saturated rings. The Balaban J connectivity index is 1.65. The van der Waals surface area contributed by atoms with Crippen LogP contribution in [-0.4, -0.2) is 42.6 Å². The molecule has 3 rings (SSSR count). The fraction of sp³-hybridized carbons (Fsp3) is 0.462. The van der Waals surface area contributed by atoms with E-state index in [1.807, 2.05) is 32.0 Å². The molecule has 2 aromatic rings. The molecular weight excluding hydrogens is 402 g/mol. The number of hydrogen-bond acceptors (Lipinski definition) is 4. The van der Waals surface area contributed by atoms with E-state index in [0.717, 1.165) is 23.2 Å². The van der Waals surface area contributed by atoms with Crippen molar-refractivity contribution < 1.29 is 14.3 Å². The number of carbonyl (C=O) groups is 2. The van der Waals surface area contributed by atoms with Crippen LogP contribution in [0.15, 0.2) is 48.5 Å². The monoisotopic (exact) mass is 437 g/mol. The minimum atomic E-state index is -0.647. The average Bonchev–Trinajstić information content (AvgIpc) is 3.30. The maximum absolute atomic E-state index is 12.8. The Bertz CT molecular complexity index is 889. The predicted molar refractivity (Wildman–Crippen MR) is 127 cm³/mol. The molecule has 1 heterocycles. The lowest BCUT2D eigenvalue weighted by Gasteiger charge is -2.21. The van der Waals surface area contributed by atoms with E-state index in [1.54, 1.807) is 6.92 Å². The first-order valence-electron chi connectivity index (χ1n) is 11.6. The molecule has 1 saturated heterocycles. The molecule has 0 bridgehead atoms. The van der Waals surface area contributed by atoms with Crippen LogP contribution in [0, 0.1) is 5.92 Å². The second-order valence-electron chi connectivity index (χ2n) is 8.64. The third-order valence-corrected chi connectivity index (χ3v) is 5.84. The second kappa shape index (κ2) is 11.7. The number of nitrogens with one attached hydrogen (secondary N) is 2. The summed E-state index contributed by atoms with van der Waals surface area (Å²) in [6.45, 7) is 9.56. The summed E-state index contributed by atoms with van der Waals surface area (Å²) in [5.41, 5.74) is 4.59. The number of ether oxygens (including phenoxy) is 1. The molecule has 2 amide bonds. The largest absolute Gasteiger partial charge is 0.450 e. The summed E-state index contributed by atoms with van der Waals surface area (Å²) in [5.74, 6) is -0.276. The van der Waals surface area contributed by atoms with E-state index in [2.05, 4.69) is 45.9 Å². The van der Waals surface area contributed by atoms with E-state index in [-0.39, 0.29) is 18.4 Å². The number of hydrogen-bond donors (Lipinski definition) is 2. The number of alkyl carbamates (subject to hydrolysis) is 1. The molecule has 1 aliphatic heterocycles. The molecule has 0 saturated carbocycles. The normalized spacial score (nSPS) is 14.9. The van der Waals surface area contributed by atoms with Crippen molar-refractivity contribution in [2.45, 2.75) is 52.7 Å². The number of carbonyl (C=O) groups excluding carboxylic acids is 2. The Morgan fingerprint density at radius 3 is 2.38 bits per heavy atom. The second-order valence-corrected chi connectivity index (χ2v) is 8.64. The molecule has 6 nitrogen and oxygen atoms in total. The van der Waals surface area contributed by atoms with Gasteiger partial charge in [-0.1, -0.05) is 62.4 Å². The molecule has 0 aromatic heterocycles. The van der Waals surface area contributed by atoms with Crippen LogP contribution in [0.25, 0.3) is 11.1 Å².